The van der Waals surface area contributed by atoms with E-state index in [1.54, 1.807) is 6.92 Å². The molecule has 0 saturated carbocycles. The molecule has 2 atom stereocenters. The van der Waals surface area contributed by atoms with E-state index in [4.69, 9.17) is 14.9 Å². The Hall–Kier alpha value is -0.610. The van der Waals surface area contributed by atoms with Crippen molar-refractivity contribution in [3.63, 3.8) is 0 Å². The third kappa shape index (κ3) is 1.84. The van der Waals surface area contributed by atoms with E-state index < -0.39 is 11.4 Å². The molecule has 0 aliphatic carbocycles. The lowest BCUT2D eigenvalue weighted by Gasteiger charge is -2.37. The molecule has 2 unspecified atom stereocenters. The van der Waals surface area contributed by atoms with Crippen LogP contribution < -0.4 is 0 Å². The molecule has 0 aromatic carbocycles. The summed E-state index contributed by atoms with van der Waals surface area (Å²) in [5.41, 5.74) is -0.868. The molecule has 0 aromatic heterocycles. The summed E-state index contributed by atoms with van der Waals surface area (Å²) in [6.45, 7) is 2.51. The lowest BCUT2D eigenvalue weighted by molar-refractivity contribution is -0.164. The van der Waals surface area contributed by atoms with E-state index in [0.29, 0.717) is 13.0 Å². The van der Waals surface area contributed by atoms with Crippen LogP contribution in [0.3, 0.4) is 0 Å². The predicted octanol–water partition coefficient (Wildman–Crippen LogP) is 0.496. The minimum Gasteiger partial charge on any atom is -0.481 e. The van der Waals surface area contributed by atoms with Crippen molar-refractivity contribution in [1.82, 2.24) is 0 Å². The zero-order valence-corrected chi connectivity index (χ0v) is 7.82. The van der Waals surface area contributed by atoms with Crippen molar-refractivity contribution >= 4 is 5.97 Å². The van der Waals surface area contributed by atoms with E-state index in [2.05, 4.69) is 0 Å². The number of hydrogen-bond acceptors (Lipinski definition) is 3. The van der Waals surface area contributed by atoms with Crippen LogP contribution in [-0.4, -0.2) is 36.0 Å². The fourth-order valence-electron chi connectivity index (χ4n) is 1.76. The van der Waals surface area contributed by atoms with Gasteiger partial charge >= 0.3 is 5.97 Å². The Morgan fingerprint density at radius 2 is 2.38 bits per heavy atom. The van der Waals surface area contributed by atoms with E-state index in [0.717, 1.165) is 6.42 Å². The van der Waals surface area contributed by atoms with Crippen molar-refractivity contribution in [3.05, 3.63) is 0 Å². The molecule has 76 valence electrons. The molecule has 13 heavy (non-hydrogen) atoms. The third-order valence-electron chi connectivity index (χ3n) is 2.91. The van der Waals surface area contributed by atoms with Crippen molar-refractivity contribution in [3.8, 4) is 0 Å². The molecule has 0 radical (unpaired) electrons. The summed E-state index contributed by atoms with van der Waals surface area (Å²) in [6, 6.07) is 0. The minimum absolute atomic E-state index is 0.102. The normalized spacial score (nSPS) is 31.2. The highest BCUT2D eigenvalue weighted by Gasteiger charge is 2.44. The third-order valence-corrected chi connectivity index (χ3v) is 2.91. The van der Waals surface area contributed by atoms with E-state index in [9.17, 15) is 4.79 Å². The Labute approximate surface area is 77.5 Å². The van der Waals surface area contributed by atoms with E-state index in [-0.39, 0.29) is 19.1 Å². The van der Waals surface area contributed by atoms with Gasteiger partial charge in [-0.25, -0.2) is 0 Å². The topological polar surface area (TPSA) is 66.8 Å². The summed E-state index contributed by atoms with van der Waals surface area (Å²) < 4.78 is 5.18. The molecule has 1 aliphatic rings. The molecule has 0 aromatic rings. The number of rotatable bonds is 3. The molecule has 4 heteroatoms. The average Bonchev–Trinajstić information content (AvgIpc) is 2.17. The van der Waals surface area contributed by atoms with Gasteiger partial charge in [0.05, 0.1) is 12.0 Å². The lowest BCUT2D eigenvalue weighted by Crippen LogP contribution is -2.45. The first-order valence-corrected chi connectivity index (χ1v) is 4.55. The number of aliphatic hydroxyl groups excluding tert-OH is 1. The van der Waals surface area contributed by atoms with Gasteiger partial charge in [0, 0.05) is 13.2 Å². The molecule has 1 fully saturated rings. The molecular formula is C9H16O4. The highest BCUT2D eigenvalue weighted by atomic mass is 16.5. The molecule has 1 rings (SSSR count). The lowest BCUT2D eigenvalue weighted by atomic mass is 9.73. The Bertz CT molecular complexity index is 184. The maximum atomic E-state index is 11.1. The van der Waals surface area contributed by atoms with Gasteiger partial charge in [-0.1, -0.05) is 6.92 Å². The number of carboxylic acid groups (broad SMARTS) is 1. The zero-order chi connectivity index (χ0) is 9.90. The first kappa shape index (κ1) is 10.5. The van der Waals surface area contributed by atoms with Crippen LogP contribution in [0.5, 0.6) is 0 Å². The van der Waals surface area contributed by atoms with Gasteiger partial charge in [-0.2, -0.15) is 0 Å². The molecule has 1 aliphatic heterocycles. The van der Waals surface area contributed by atoms with Crippen LogP contribution in [0.2, 0.25) is 0 Å². The molecule has 0 bridgehead atoms. The van der Waals surface area contributed by atoms with Crippen molar-refractivity contribution in [2.75, 3.05) is 19.8 Å². The first-order chi connectivity index (χ1) is 6.13. The SMILES string of the molecule is CC(CO)C1(C(=O)O)CCCOC1. The van der Waals surface area contributed by atoms with E-state index in [1.165, 1.54) is 0 Å². The Balaban J connectivity index is 2.78. The van der Waals surface area contributed by atoms with Crippen molar-refractivity contribution in [1.29, 1.82) is 0 Å². The molecule has 4 nitrogen and oxygen atoms in total. The molecule has 1 heterocycles. The number of ether oxygens (including phenoxy) is 1. The van der Waals surface area contributed by atoms with Crippen molar-refractivity contribution < 1.29 is 19.7 Å². The molecule has 0 spiro atoms. The summed E-state index contributed by atoms with van der Waals surface area (Å²) in [5.74, 6) is -1.10. The zero-order valence-electron chi connectivity index (χ0n) is 7.82. The van der Waals surface area contributed by atoms with Gasteiger partial charge < -0.3 is 14.9 Å². The van der Waals surface area contributed by atoms with Gasteiger partial charge in [0.2, 0.25) is 0 Å². The number of carboxylic acids is 1. The Kier molecular flexibility index (Phi) is 3.27. The maximum absolute atomic E-state index is 11.1. The second-order valence-corrected chi connectivity index (χ2v) is 3.70. The van der Waals surface area contributed by atoms with E-state index >= 15 is 0 Å². The minimum atomic E-state index is -0.868. The summed E-state index contributed by atoms with van der Waals surface area (Å²) >= 11 is 0. The molecule has 0 amide bonds. The van der Waals surface area contributed by atoms with Crippen molar-refractivity contribution in [2.24, 2.45) is 11.3 Å². The average molecular weight is 188 g/mol. The van der Waals surface area contributed by atoms with Crippen LogP contribution in [0, 0.1) is 11.3 Å². The van der Waals surface area contributed by atoms with Crippen LogP contribution in [0.4, 0.5) is 0 Å². The number of aliphatic carboxylic acids is 1. The fourth-order valence-corrected chi connectivity index (χ4v) is 1.76. The standard InChI is InChI=1S/C9H16O4/c1-7(5-10)9(8(11)12)3-2-4-13-6-9/h7,10H,2-6H2,1H3,(H,11,12). The van der Waals surface area contributed by atoms with Gasteiger partial charge in [0.25, 0.3) is 0 Å². The summed E-state index contributed by atoms with van der Waals surface area (Å²) in [7, 11) is 0. The van der Waals surface area contributed by atoms with Gasteiger partial charge in [-0.05, 0) is 18.8 Å². The number of hydrogen-bond donors (Lipinski definition) is 2. The second kappa shape index (κ2) is 4.07. The van der Waals surface area contributed by atoms with Crippen LogP contribution in [0.1, 0.15) is 19.8 Å². The second-order valence-electron chi connectivity index (χ2n) is 3.70. The molecular weight excluding hydrogens is 172 g/mol. The van der Waals surface area contributed by atoms with Gasteiger partial charge in [0.15, 0.2) is 0 Å². The molecule has 1 saturated heterocycles. The Morgan fingerprint density at radius 3 is 2.77 bits per heavy atom. The van der Waals surface area contributed by atoms with Crippen LogP contribution in [0.15, 0.2) is 0 Å². The van der Waals surface area contributed by atoms with Gasteiger partial charge in [-0.15, -0.1) is 0 Å². The summed E-state index contributed by atoms with van der Waals surface area (Å²) in [6.07, 6.45) is 1.36. The van der Waals surface area contributed by atoms with Crippen molar-refractivity contribution in [2.45, 2.75) is 19.8 Å². The van der Waals surface area contributed by atoms with E-state index in [1.807, 2.05) is 0 Å². The monoisotopic (exact) mass is 188 g/mol. The quantitative estimate of drug-likeness (QED) is 0.676. The molecule has 2 N–H and O–H groups in total. The summed E-state index contributed by atoms with van der Waals surface area (Å²) in [5, 5.41) is 18.1. The maximum Gasteiger partial charge on any atom is 0.312 e. The largest absolute Gasteiger partial charge is 0.481 e. The van der Waals surface area contributed by atoms with Crippen LogP contribution in [-0.2, 0) is 9.53 Å². The summed E-state index contributed by atoms with van der Waals surface area (Å²) in [4.78, 5) is 11.1. The Morgan fingerprint density at radius 1 is 1.69 bits per heavy atom. The fraction of sp³-hybridized carbons (Fsp3) is 0.889. The van der Waals surface area contributed by atoms with Crippen LogP contribution in [0.25, 0.3) is 0 Å². The number of aliphatic hydroxyl groups is 1. The number of carbonyl (C=O) groups is 1. The first-order valence-electron chi connectivity index (χ1n) is 4.55. The van der Waals surface area contributed by atoms with Gasteiger partial charge in [0.1, 0.15) is 0 Å². The highest BCUT2D eigenvalue weighted by molar-refractivity contribution is 5.75. The van der Waals surface area contributed by atoms with Crippen LogP contribution >= 0.6 is 0 Å². The predicted molar refractivity (Wildman–Crippen MR) is 46.4 cm³/mol. The highest BCUT2D eigenvalue weighted by Crippen LogP contribution is 2.36. The smallest absolute Gasteiger partial charge is 0.312 e. The van der Waals surface area contributed by atoms with Gasteiger partial charge in [-0.3, -0.25) is 4.79 Å².